The lowest BCUT2D eigenvalue weighted by Gasteiger charge is -2.22. The number of benzene rings is 1. The number of rotatable bonds is 2. The minimum atomic E-state index is 0.334. The van der Waals surface area contributed by atoms with Crippen molar-refractivity contribution in [1.82, 2.24) is 0 Å². The van der Waals surface area contributed by atoms with E-state index in [9.17, 15) is 0 Å². The molecule has 0 radical (unpaired) electrons. The average Bonchev–Trinajstić information content (AvgIpc) is 2.05. The number of hydrogen-bond acceptors (Lipinski definition) is 0. The molecule has 0 saturated heterocycles. The van der Waals surface area contributed by atoms with Gasteiger partial charge in [-0.1, -0.05) is 42.8 Å². The molecule has 1 rings (SSSR count). The summed E-state index contributed by atoms with van der Waals surface area (Å²) in [7, 11) is 1.84. The Labute approximate surface area is 62.1 Å². The van der Waals surface area contributed by atoms with Gasteiger partial charge >= 0.3 is 0 Å². The van der Waals surface area contributed by atoms with Gasteiger partial charge in [-0.3, -0.25) is 0 Å². The molecule has 1 unspecified atom stereocenters. The normalized spacial score (nSPS) is 13.0. The summed E-state index contributed by atoms with van der Waals surface area (Å²) in [5, 5.41) is 4.16. The van der Waals surface area contributed by atoms with Crippen LogP contribution in [0.25, 0.3) is 5.32 Å². The number of nitrogens with zero attached hydrogens (tertiary/aromatic N) is 1. The zero-order valence-corrected chi connectivity index (χ0v) is 6.41. The third-order valence-electron chi connectivity index (χ3n) is 1.67. The Kier molecular flexibility index (Phi) is 2.46. The van der Waals surface area contributed by atoms with E-state index in [0.717, 1.165) is 0 Å². The van der Waals surface area contributed by atoms with Gasteiger partial charge in [0.1, 0.15) is 0 Å². The van der Waals surface area contributed by atoms with Crippen molar-refractivity contribution in [3.8, 4) is 0 Å². The first-order valence-electron chi connectivity index (χ1n) is 3.48. The van der Waals surface area contributed by atoms with Crippen LogP contribution in [0, 0.1) is 0 Å². The molecule has 0 amide bonds. The van der Waals surface area contributed by atoms with Crippen molar-refractivity contribution in [2.45, 2.75) is 13.0 Å². The predicted octanol–water partition coefficient (Wildman–Crippen LogP) is 2.75. The van der Waals surface area contributed by atoms with E-state index in [1.807, 2.05) is 25.2 Å². The molecule has 0 fully saturated rings. The van der Waals surface area contributed by atoms with Crippen molar-refractivity contribution >= 4 is 0 Å². The fraction of sp³-hybridized carbons (Fsp3) is 0.333. The lowest BCUT2D eigenvalue weighted by Crippen LogP contribution is -1.88. The van der Waals surface area contributed by atoms with Crippen LogP contribution in [-0.2, 0) is 0 Å². The van der Waals surface area contributed by atoms with E-state index in [-0.39, 0.29) is 0 Å². The average molecular weight is 134 g/mol. The first kappa shape index (κ1) is 7.29. The first-order chi connectivity index (χ1) is 4.84. The SMILES string of the molecule is C[N-]C(C)c1ccccc1. The highest BCUT2D eigenvalue weighted by atomic mass is 14.8. The van der Waals surface area contributed by atoms with Gasteiger partial charge in [-0.15, -0.1) is 6.04 Å². The standard InChI is InChI=1S/C9H12N/c1-8(10-2)9-6-4-3-5-7-9/h3-8H,1-2H3/q-1. The van der Waals surface area contributed by atoms with Crippen LogP contribution in [-0.4, -0.2) is 7.05 Å². The fourth-order valence-electron chi connectivity index (χ4n) is 0.881. The molecule has 1 aromatic carbocycles. The van der Waals surface area contributed by atoms with Gasteiger partial charge in [0.25, 0.3) is 0 Å². The van der Waals surface area contributed by atoms with E-state index in [0.29, 0.717) is 6.04 Å². The van der Waals surface area contributed by atoms with Crippen molar-refractivity contribution in [3.63, 3.8) is 0 Å². The Morgan fingerprint density at radius 3 is 2.30 bits per heavy atom. The summed E-state index contributed by atoms with van der Waals surface area (Å²) in [5.74, 6) is 0. The first-order valence-corrected chi connectivity index (χ1v) is 3.48. The van der Waals surface area contributed by atoms with Crippen molar-refractivity contribution in [2.75, 3.05) is 7.05 Å². The Bertz CT molecular complexity index is 181. The van der Waals surface area contributed by atoms with Gasteiger partial charge in [-0.2, -0.15) is 7.05 Å². The van der Waals surface area contributed by atoms with Crippen LogP contribution in [0.5, 0.6) is 0 Å². The van der Waals surface area contributed by atoms with Crippen molar-refractivity contribution in [1.29, 1.82) is 0 Å². The second kappa shape index (κ2) is 3.37. The van der Waals surface area contributed by atoms with Gasteiger partial charge in [-0.25, -0.2) is 0 Å². The van der Waals surface area contributed by atoms with E-state index in [1.54, 1.807) is 0 Å². The molecule has 10 heavy (non-hydrogen) atoms. The van der Waals surface area contributed by atoms with E-state index < -0.39 is 0 Å². The monoisotopic (exact) mass is 134 g/mol. The molecular formula is C9H12N-. The van der Waals surface area contributed by atoms with E-state index in [4.69, 9.17) is 0 Å². The van der Waals surface area contributed by atoms with Crippen LogP contribution in [0.3, 0.4) is 0 Å². The smallest absolute Gasteiger partial charge is 0.0605 e. The Morgan fingerprint density at radius 1 is 1.20 bits per heavy atom. The topological polar surface area (TPSA) is 14.1 Å². The zero-order valence-electron chi connectivity index (χ0n) is 6.41. The van der Waals surface area contributed by atoms with E-state index in [1.165, 1.54) is 5.56 Å². The lowest BCUT2D eigenvalue weighted by molar-refractivity contribution is 0.916. The molecule has 0 spiro atoms. The van der Waals surface area contributed by atoms with Crippen LogP contribution in [0.4, 0.5) is 0 Å². The van der Waals surface area contributed by atoms with Gasteiger partial charge < -0.3 is 5.32 Å². The summed E-state index contributed by atoms with van der Waals surface area (Å²) in [5.41, 5.74) is 1.28. The maximum atomic E-state index is 4.16. The predicted molar refractivity (Wildman–Crippen MR) is 44.1 cm³/mol. The van der Waals surface area contributed by atoms with Gasteiger partial charge in [0.15, 0.2) is 0 Å². The largest absolute Gasteiger partial charge is 0.659 e. The van der Waals surface area contributed by atoms with Crippen molar-refractivity contribution in [2.24, 2.45) is 0 Å². The van der Waals surface area contributed by atoms with Crippen molar-refractivity contribution in [3.05, 3.63) is 41.2 Å². The molecule has 0 heterocycles. The molecule has 0 aliphatic rings. The molecular weight excluding hydrogens is 122 g/mol. The fourth-order valence-corrected chi connectivity index (χ4v) is 0.881. The molecule has 0 saturated carbocycles. The molecule has 1 aromatic rings. The molecule has 0 aliphatic carbocycles. The molecule has 0 aromatic heterocycles. The van der Waals surface area contributed by atoms with Gasteiger partial charge in [0.05, 0.1) is 0 Å². The molecule has 0 aliphatic heterocycles. The van der Waals surface area contributed by atoms with Crippen LogP contribution in [0.1, 0.15) is 18.5 Å². The second-order valence-corrected chi connectivity index (χ2v) is 2.34. The Hall–Kier alpha value is -0.820. The van der Waals surface area contributed by atoms with Gasteiger partial charge in [0.2, 0.25) is 0 Å². The van der Waals surface area contributed by atoms with Crippen molar-refractivity contribution < 1.29 is 0 Å². The maximum Gasteiger partial charge on any atom is -0.0605 e. The Balaban J connectivity index is 2.75. The highest BCUT2D eigenvalue weighted by Gasteiger charge is 1.89. The van der Waals surface area contributed by atoms with Crippen LogP contribution >= 0.6 is 0 Å². The highest BCUT2D eigenvalue weighted by molar-refractivity contribution is 5.21. The van der Waals surface area contributed by atoms with E-state index in [2.05, 4.69) is 24.4 Å². The Morgan fingerprint density at radius 2 is 1.80 bits per heavy atom. The summed E-state index contributed by atoms with van der Waals surface area (Å²) in [6.45, 7) is 2.09. The molecule has 1 heteroatoms. The minimum absolute atomic E-state index is 0.334. The minimum Gasteiger partial charge on any atom is -0.659 e. The molecule has 1 atom stereocenters. The molecule has 1 nitrogen and oxygen atoms in total. The lowest BCUT2D eigenvalue weighted by atomic mass is 10.1. The molecule has 0 bridgehead atoms. The summed E-state index contributed by atoms with van der Waals surface area (Å²) in [6.07, 6.45) is 0. The summed E-state index contributed by atoms with van der Waals surface area (Å²) in [4.78, 5) is 0. The summed E-state index contributed by atoms with van der Waals surface area (Å²) in [6, 6.07) is 10.6. The highest BCUT2D eigenvalue weighted by Crippen LogP contribution is 2.17. The van der Waals surface area contributed by atoms with Gasteiger partial charge in [-0.05, 0) is 0 Å². The quantitative estimate of drug-likeness (QED) is 0.590. The second-order valence-electron chi connectivity index (χ2n) is 2.34. The molecule has 0 N–H and O–H groups in total. The number of hydrogen-bond donors (Lipinski definition) is 0. The van der Waals surface area contributed by atoms with Crippen LogP contribution in [0.15, 0.2) is 30.3 Å². The maximum absolute atomic E-state index is 4.16. The molecule has 54 valence electrons. The van der Waals surface area contributed by atoms with Gasteiger partial charge in [0, 0.05) is 0 Å². The third kappa shape index (κ3) is 1.58. The summed E-state index contributed by atoms with van der Waals surface area (Å²) < 4.78 is 0. The third-order valence-corrected chi connectivity index (χ3v) is 1.67. The van der Waals surface area contributed by atoms with Crippen LogP contribution < -0.4 is 0 Å². The van der Waals surface area contributed by atoms with E-state index >= 15 is 0 Å². The zero-order chi connectivity index (χ0) is 7.40. The van der Waals surface area contributed by atoms with Crippen LogP contribution in [0.2, 0.25) is 0 Å². The summed E-state index contributed by atoms with van der Waals surface area (Å²) >= 11 is 0.